The molecule has 0 heterocycles. The molecule has 0 saturated heterocycles. The third-order valence-electron chi connectivity index (χ3n) is 8.12. The first kappa shape index (κ1) is 19.5. The van der Waals surface area contributed by atoms with E-state index in [1.54, 1.807) is 0 Å². The first-order valence-electron chi connectivity index (χ1n) is 10.8. The molecule has 10 atom stereocenters. The second-order valence-corrected chi connectivity index (χ2v) is 9.36. The SMILES string of the molecule is CC(=O)OC[C@@H]1[C@H]2C=C[C@@H]([C@H]1COC(C)=O)[C@@H]1[C@@H]3C=C[C@@H]([C@H]4C(=O)C=CC(=O)[C@@H]34)[C@H]21. The van der Waals surface area contributed by atoms with E-state index in [1.165, 1.54) is 26.0 Å². The molecule has 0 N–H and O–H groups in total. The van der Waals surface area contributed by atoms with E-state index < -0.39 is 0 Å². The van der Waals surface area contributed by atoms with E-state index in [-0.39, 0.29) is 95.9 Å². The van der Waals surface area contributed by atoms with Crippen molar-refractivity contribution in [2.75, 3.05) is 13.2 Å². The fraction of sp³-hybridized carbons (Fsp3) is 0.583. The maximum absolute atomic E-state index is 12.8. The topological polar surface area (TPSA) is 86.7 Å². The predicted molar refractivity (Wildman–Crippen MR) is 106 cm³/mol. The molecule has 0 amide bonds. The summed E-state index contributed by atoms with van der Waals surface area (Å²) in [6, 6.07) is 0. The second-order valence-electron chi connectivity index (χ2n) is 9.36. The van der Waals surface area contributed by atoms with Crippen molar-refractivity contribution in [3.63, 3.8) is 0 Å². The van der Waals surface area contributed by atoms with Crippen LogP contribution in [0, 0.1) is 59.2 Å². The molecule has 0 spiro atoms. The summed E-state index contributed by atoms with van der Waals surface area (Å²) >= 11 is 0. The Morgan fingerprint density at radius 1 is 0.700 bits per heavy atom. The van der Waals surface area contributed by atoms with Crippen LogP contribution in [0.3, 0.4) is 0 Å². The summed E-state index contributed by atoms with van der Waals surface area (Å²) in [5.41, 5.74) is 0. The van der Waals surface area contributed by atoms with E-state index in [9.17, 15) is 19.2 Å². The van der Waals surface area contributed by atoms with Crippen molar-refractivity contribution < 1.29 is 28.7 Å². The summed E-state index contributed by atoms with van der Waals surface area (Å²) in [4.78, 5) is 48.6. The van der Waals surface area contributed by atoms with Crippen LogP contribution < -0.4 is 0 Å². The Labute approximate surface area is 175 Å². The van der Waals surface area contributed by atoms with Crippen LogP contribution in [0.15, 0.2) is 36.5 Å². The van der Waals surface area contributed by atoms with Gasteiger partial charge in [0, 0.05) is 37.5 Å². The molecule has 0 aliphatic heterocycles. The summed E-state index contributed by atoms with van der Waals surface area (Å²) in [6.45, 7) is 3.35. The van der Waals surface area contributed by atoms with Crippen LogP contribution in [0.25, 0.3) is 0 Å². The van der Waals surface area contributed by atoms with Crippen LogP contribution in [0.1, 0.15) is 13.8 Å². The van der Waals surface area contributed by atoms with Crippen LogP contribution in [-0.4, -0.2) is 36.7 Å². The highest BCUT2D eigenvalue weighted by molar-refractivity contribution is 6.08. The number of esters is 2. The van der Waals surface area contributed by atoms with Crippen LogP contribution in [0.2, 0.25) is 0 Å². The van der Waals surface area contributed by atoms with Gasteiger partial charge in [0.25, 0.3) is 0 Å². The molecule has 2 saturated carbocycles. The van der Waals surface area contributed by atoms with Crippen molar-refractivity contribution in [2.24, 2.45) is 59.2 Å². The van der Waals surface area contributed by atoms with E-state index in [1.807, 2.05) is 0 Å². The summed E-state index contributed by atoms with van der Waals surface area (Å²) in [6.07, 6.45) is 11.6. The molecule has 4 bridgehead atoms. The molecule has 0 radical (unpaired) electrons. The summed E-state index contributed by atoms with van der Waals surface area (Å²) in [7, 11) is 0. The molecule has 7 aliphatic rings. The average molecular weight is 410 g/mol. The van der Waals surface area contributed by atoms with Crippen molar-refractivity contribution in [2.45, 2.75) is 13.8 Å². The number of ketones is 2. The molecule has 0 unspecified atom stereocenters. The number of hydrogen-bond acceptors (Lipinski definition) is 6. The monoisotopic (exact) mass is 410 g/mol. The molecule has 2 fully saturated rings. The van der Waals surface area contributed by atoms with Crippen molar-refractivity contribution in [1.29, 1.82) is 0 Å². The maximum Gasteiger partial charge on any atom is 0.302 e. The standard InChI is InChI=1S/C24H26O6/c1-11(25)29-9-17-13-3-4-14(18(17)10-30-12(2)26)22-16-6-5-15(21(13)22)23-19(27)7-8-20(28)24(16)23/h3-8,13-18,21-24H,9-10H2,1-2H3/t13-,14+,15-,16+,17-,18-,21+,22-,23+,24-/m1/s1. The third-order valence-corrected chi connectivity index (χ3v) is 8.12. The van der Waals surface area contributed by atoms with Gasteiger partial charge >= 0.3 is 11.9 Å². The Balaban J connectivity index is 1.53. The number of ether oxygens (including phenoxy) is 2. The minimum atomic E-state index is -0.327. The Hall–Kier alpha value is -2.50. The van der Waals surface area contributed by atoms with Crippen molar-refractivity contribution in [3.8, 4) is 0 Å². The highest BCUT2D eigenvalue weighted by atomic mass is 16.5. The first-order valence-corrected chi connectivity index (χ1v) is 10.8. The van der Waals surface area contributed by atoms with Crippen molar-refractivity contribution in [1.82, 2.24) is 0 Å². The Kier molecular flexibility index (Phi) is 4.56. The second kappa shape index (κ2) is 7.03. The molecule has 0 aromatic carbocycles. The minimum Gasteiger partial charge on any atom is -0.466 e. The van der Waals surface area contributed by atoms with Gasteiger partial charge in [0.05, 0.1) is 13.2 Å². The average Bonchev–Trinajstić information content (AvgIpc) is 2.73. The lowest BCUT2D eigenvalue weighted by Gasteiger charge is -2.64. The van der Waals surface area contributed by atoms with Gasteiger partial charge in [-0.25, -0.2) is 0 Å². The van der Waals surface area contributed by atoms with Crippen molar-refractivity contribution >= 4 is 23.5 Å². The highest BCUT2D eigenvalue weighted by Crippen LogP contribution is 2.65. The molecule has 6 nitrogen and oxygen atoms in total. The van der Waals surface area contributed by atoms with E-state index in [2.05, 4.69) is 24.3 Å². The molecule has 7 rings (SSSR count). The van der Waals surface area contributed by atoms with Gasteiger partial charge < -0.3 is 9.47 Å². The number of rotatable bonds is 4. The molecular formula is C24H26O6. The number of allylic oxidation sites excluding steroid dienone is 6. The lowest BCUT2D eigenvalue weighted by molar-refractivity contribution is -0.167. The van der Waals surface area contributed by atoms with Gasteiger partial charge in [-0.2, -0.15) is 0 Å². The molecule has 0 aromatic heterocycles. The molecular weight excluding hydrogens is 384 g/mol. The summed E-state index contributed by atoms with van der Waals surface area (Å²) in [5.74, 6) is -0.343. The van der Waals surface area contributed by atoms with Gasteiger partial charge in [-0.1, -0.05) is 24.3 Å². The van der Waals surface area contributed by atoms with E-state index in [0.29, 0.717) is 0 Å². The zero-order chi connectivity index (χ0) is 21.2. The van der Waals surface area contributed by atoms with Gasteiger partial charge in [0.15, 0.2) is 11.6 Å². The lowest BCUT2D eigenvalue weighted by atomic mass is 9.39. The molecule has 0 aromatic rings. The van der Waals surface area contributed by atoms with Gasteiger partial charge in [-0.05, 0) is 47.7 Å². The van der Waals surface area contributed by atoms with Gasteiger partial charge in [0.2, 0.25) is 0 Å². The number of hydrogen-bond donors (Lipinski definition) is 0. The Morgan fingerprint density at radius 2 is 1.07 bits per heavy atom. The van der Waals surface area contributed by atoms with Gasteiger partial charge in [-0.15, -0.1) is 0 Å². The fourth-order valence-corrected chi connectivity index (χ4v) is 7.21. The predicted octanol–water partition coefficient (Wildman–Crippen LogP) is 2.15. The minimum absolute atomic E-state index is 0.0124. The molecule has 158 valence electrons. The number of carbonyl (C=O) groups excluding carboxylic acids is 4. The van der Waals surface area contributed by atoms with Gasteiger partial charge in [0.1, 0.15) is 0 Å². The maximum atomic E-state index is 12.8. The zero-order valence-corrected chi connectivity index (χ0v) is 17.1. The zero-order valence-electron chi connectivity index (χ0n) is 17.1. The van der Waals surface area contributed by atoms with Crippen LogP contribution in [-0.2, 0) is 28.7 Å². The van der Waals surface area contributed by atoms with E-state index in [0.717, 1.165) is 0 Å². The molecule has 30 heavy (non-hydrogen) atoms. The van der Waals surface area contributed by atoms with Gasteiger partial charge in [-0.3, -0.25) is 19.2 Å². The van der Waals surface area contributed by atoms with E-state index >= 15 is 0 Å². The van der Waals surface area contributed by atoms with E-state index in [4.69, 9.17) is 9.47 Å². The third kappa shape index (κ3) is 2.76. The summed E-state index contributed by atoms with van der Waals surface area (Å²) in [5, 5.41) is 0. The smallest absolute Gasteiger partial charge is 0.302 e. The number of carbonyl (C=O) groups is 4. The normalized spacial score (nSPS) is 44.6. The first-order chi connectivity index (χ1) is 14.4. The van der Waals surface area contributed by atoms with Crippen molar-refractivity contribution in [3.05, 3.63) is 36.5 Å². The van der Waals surface area contributed by atoms with Crippen LogP contribution >= 0.6 is 0 Å². The lowest BCUT2D eigenvalue weighted by Crippen LogP contribution is -2.63. The largest absolute Gasteiger partial charge is 0.466 e. The molecule has 6 heteroatoms. The quantitative estimate of drug-likeness (QED) is 0.521. The van der Waals surface area contributed by atoms with Crippen LogP contribution in [0.4, 0.5) is 0 Å². The number of fused-ring (bicyclic) bond motifs is 1. The Bertz CT molecular complexity index is 827. The summed E-state index contributed by atoms with van der Waals surface area (Å²) < 4.78 is 10.8. The van der Waals surface area contributed by atoms with Crippen LogP contribution in [0.5, 0.6) is 0 Å². The fourth-order valence-electron chi connectivity index (χ4n) is 7.21. The Morgan fingerprint density at radius 3 is 1.43 bits per heavy atom. The highest BCUT2D eigenvalue weighted by Gasteiger charge is 2.64. The molecule has 7 aliphatic carbocycles.